The van der Waals surface area contributed by atoms with Crippen LogP contribution in [0.2, 0.25) is 0 Å². The molecule has 3 rings (SSSR count). The molecule has 0 bridgehead atoms. The molecule has 0 spiro atoms. The van der Waals surface area contributed by atoms with Gasteiger partial charge in [-0.3, -0.25) is 9.69 Å². The fourth-order valence-electron chi connectivity index (χ4n) is 2.73. The summed E-state index contributed by atoms with van der Waals surface area (Å²) in [6.45, 7) is 6.35. The van der Waals surface area contributed by atoms with Crippen molar-refractivity contribution in [2.24, 2.45) is 0 Å². The first-order chi connectivity index (χ1) is 10.2. The summed E-state index contributed by atoms with van der Waals surface area (Å²) >= 11 is 0. The maximum Gasteiger partial charge on any atom is 0.257 e. The van der Waals surface area contributed by atoms with Crippen molar-refractivity contribution in [3.8, 4) is 0 Å². The van der Waals surface area contributed by atoms with Crippen LogP contribution in [-0.2, 0) is 0 Å². The van der Waals surface area contributed by atoms with E-state index in [1.165, 1.54) is 0 Å². The molecule has 5 heteroatoms. The maximum absolute atomic E-state index is 12.0. The van der Waals surface area contributed by atoms with Crippen molar-refractivity contribution in [2.75, 3.05) is 51.6 Å². The van der Waals surface area contributed by atoms with Crippen LogP contribution in [-0.4, -0.2) is 61.1 Å². The van der Waals surface area contributed by atoms with Crippen LogP contribution in [0.4, 0.5) is 5.82 Å². The van der Waals surface area contributed by atoms with Gasteiger partial charge in [0.15, 0.2) is 0 Å². The summed E-state index contributed by atoms with van der Waals surface area (Å²) < 4.78 is 0. The quantitative estimate of drug-likeness (QED) is 0.886. The average Bonchev–Trinajstić information content (AvgIpc) is 2.49. The van der Waals surface area contributed by atoms with Crippen molar-refractivity contribution < 1.29 is 0 Å². The van der Waals surface area contributed by atoms with Gasteiger partial charge in [0.2, 0.25) is 0 Å². The lowest BCUT2D eigenvalue weighted by Crippen LogP contribution is -2.45. The molecule has 2 heterocycles. The number of aromatic amines is 1. The Kier molecular flexibility index (Phi) is 4.22. The summed E-state index contributed by atoms with van der Waals surface area (Å²) in [5.41, 5.74) is -0.0322. The Morgan fingerprint density at radius 3 is 2.76 bits per heavy atom. The van der Waals surface area contributed by atoms with Gasteiger partial charge in [0.05, 0.1) is 0 Å². The van der Waals surface area contributed by atoms with E-state index in [1.54, 1.807) is 0 Å². The van der Waals surface area contributed by atoms with Crippen molar-refractivity contribution in [1.29, 1.82) is 0 Å². The SMILES string of the molecule is CN1CCN(CCNc2cc3ccccc3c(=O)[nH]2)CC1. The molecule has 0 atom stereocenters. The molecule has 0 radical (unpaired) electrons. The van der Waals surface area contributed by atoms with Gasteiger partial charge >= 0.3 is 0 Å². The molecule has 0 aliphatic carbocycles. The molecule has 2 N–H and O–H groups in total. The molecular weight excluding hydrogens is 264 g/mol. The number of nitrogens with zero attached hydrogens (tertiary/aromatic N) is 2. The molecular formula is C16H22N4O. The van der Waals surface area contributed by atoms with Gasteiger partial charge in [-0.15, -0.1) is 0 Å². The maximum atomic E-state index is 12.0. The van der Waals surface area contributed by atoms with Crippen molar-refractivity contribution >= 4 is 16.6 Å². The van der Waals surface area contributed by atoms with Crippen LogP contribution in [0, 0.1) is 0 Å². The van der Waals surface area contributed by atoms with Crippen molar-refractivity contribution in [3.05, 3.63) is 40.7 Å². The first-order valence-electron chi connectivity index (χ1n) is 7.49. The van der Waals surface area contributed by atoms with E-state index in [2.05, 4.69) is 27.1 Å². The molecule has 1 aromatic heterocycles. The number of H-pyrrole nitrogens is 1. The lowest BCUT2D eigenvalue weighted by Gasteiger charge is -2.32. The van der Waals surface area contributed by atoms with E-state index in [9.17, 15) is 4.79 Å². The van der Waals surface area contributed by atoms with Crippen LogP contribution in [0.5, 0.6) is 0 Å². The molecule has 112 valence electrons. The van der Waals surface area contributed by atoms with Gasteiger partial charge in [-0.25, -0.2) is 0 Å². The average molecular weight is 286 g/mol. The monoisotopic (exact) mass is 286 g/mol. The summed E-state index contributed by atoms with van der Waals surface area (Å²) in [6.07, 6.45) is 0. The number of rotatable bonds is 4. The number of anilines is 1. The zero-order chi connectivity index (χ0) is 14.7. The third-order valence-corrected chi connectivity index (χ3v) is 4.09. The van der Waals surface area contributed by atoms with E-state index in [1.807, 2.05) is 30.3 Å². The summed E-state index contributed by atoms with van der Waals surface area (Å²) in [7, 11) is 2.16. The smallest absolute Gasteiger partial charge is 0.257 e. The zero-order valence-corrected chi connectivity index (χ0v) is 12.4. The van der Waals surface area contributed by atoms with Crippen LogP contribution in [0.3, 0.4) is 0 Å². The Bertz CT molecular complexity index is 659. The number of likely N-dealkylation sites (N-methyl/N-ethyl adjacent to an activating group) is 1. The van der Waals surface area contributed by atoms with Crippen LogP contribution < -0.4 is 10.9 Å². The van der Waals surface area contributed by atoms with E-state index in [4.69, 9.17) is 0 Å². The fraction of sp³-hybridized carbons (Fsp3) is 0.438. The number of aromatic nitrogens is 1. The molecule has 1 fully saturated rings. The molecule has 1 aliphatic rings. The first kappa shape index (κ1) is 14.1. The van der Waals surface area contributed by atoms with Gasteiger partial charge in [0.25, 0.3) is 5.56 Å². The lowest BCUT2D eigenvalue weighted by atomic mass is 10.2. The Morgan fingerprint density at radius 1 is 1.19 bits per heavy atom. The number of piperazine rings is 1. The molecule has 1 saturated heterocycles. The number of benzene rings is 1. The largest absolute Gasteiger partial charge is 0.370 e. The molecule has 1 aromatic carbocycles. The molecule has 1 aliphatic heterocycles. The highest BCUT2D eigenvalue weighted by molar-refractivity contribution is 5.83. The second kappa shape index (κ2) is 6.28. The van der Waals surface area contributed by atoms with Crippen molar-refractivity contribution in [2.45, 2.75) is 0 Å². The second-order valence-corrected chi connectivity index (χ2v) is 5.67. The summed E-state index contributed by atoms with van der Waals surface area (Å²) in [5.74, 6) is 0.799. The van der Waals surface area contributed by atoms with E-state index < -0.39 is 0 Å². The third-order valence-electron chi connectivity index (χ3n) is 4.09. The fourth-order valence-corrected chi connectivity index (χ4v) is 2.73. The van der Waals surface area contributed by atoms with Gasteiger partial charge in [-0.2, -0.15) is 0 Å². The predicted octanol–water partition coefficient (Wildman–Crippen LogP) is 1.19. The minimum atomic E-state index is -0.0322. The van der Waals surface area contributed by atoms with Gasteiger partial charge in [-0.1, -0.05) is 18.2 Å². The molecule has 2 aromatic rings. The van der Waals surface area contributed by atoms with Crippen LogP contribution in [0.1, 0.15) is 0 Å². The Labute approximate surface area is 124 Å². The molecule has 0 amide bonds. The molecule has 0 saturated carbocycles. The number of fused-ring (bicyclic) bond motifs is 1. The minimum absolute atomic E-state index is 0.0322. The summed E-state index contributed by atoms with van der Waals surface area (Å²) in [4.78, 5) is 19.7. The van der Waals surface area contributed by atoms with E-state index in [0.717, 1.165) is 55.9 Å². The summed E-state index contributed by atoms with van der Waals surface area (Å²) in [6, 6.07) is 9.66. The molecule has 5 nitrogen and oxygen atoms in total. The Morgan fingerprint density at radius 2 is 1.95 bits per heavy atom. The van der Waals surface area contributed by atoms with Crippen LogP contribution in [0.25, 0.3) is 10.8 Å². The van der Waals surface area contributed by atoms with Gasteiger partial charge in [-0.05, 0) is 24.6 Å². The van der Waals surface area contributed by atoms with E-state index in [-0.39, 0.29) is 5.56 Å². The molecule has 0 unspecified atom stereocenters. The molecule has 21 heavy (non-hydrogen) atoms. The first-order valence-corrected chi connectivity index (χ1v) is 7.49. The van der Waals surface area contributed by atoms with Crippen LogP contribution in [0.15, 0.2) is 35.1 Å². The van der Waals surface area contributed by atoms with Gasteiger partial charge in [0.1, 0.15) is 5.82 Å². The van der Waals surface area contributed by atoms with E-state index in [0.29, 0.717) is 0 Å². The third kappa shape index (κ3) is 3.43. The lowest BCUT2D eigenvalue weighted by molar-refractivity contribution is 0.158. The Balaban J connectivity index is 1.59. The minimum Gasteiger partial charge on any atom is -0.370 e. The van der Waals surface area contributed by atoms with E-state index >= 15 is 0 Å². The standard InChI is InChI=1S/C16H22N4O/c1-19-8-10-20(11-9-19)7-6-17-15-12-13-4-2-3-5-14(13)16(21)18-15/h2-5,12H,6-11H2,1H3,(H2,17,18,21). The highest BCUT2D eigenvalue weighted by Crippen LogP contribution is 2.12. The normalized spacial score (nSPS) is 17.2. The van der Waals surface area contributed by atoms with Crippen molar-refractivity contribution in [1.82, 2.24) is 14.8 Å². The van der Waals surface area contributed by atoms with Gasteiger partial charge < -0.3 is 15.2 Å². The number of nitrogens with one attached hydrogen (secondary N) is 2. The summed E-state index contributed by atoms with van der Waals surface area (Å²) in [5, 5.41) is 5.04. The Hall–Kier alpha value is -1.85. The highest BCUT2D eigenvalue weighted by Gasteiger charge is 2.12. The predicted molar refractivity (Wildman–Crippen MR) is 87.0 cm³/mol. The second-order valence-electron chi connectivity index (χ2n) is 5.67. The number of hydrogen-bond acceptors (Lipinski definition) is 4. The van der Waals surface area contributed by atoms with Gasteiger partial charge in [0, 0.05) is 44.7 Å². The van der Waals surface area contributed by atoms with Crippen molar-refractivity contribution in [3.63, 3.8) is 0 Å². The number of hydrogen-bond donors (Lipinski definition) is 2. The zero-order valence-electron chi connectivity index (χ0n) is 12.4. The number of pyridine rings is 1. The van der Waals surface area contributed by atoms with Crippen LogP contribution >= 0.6 is 0 Å². The highest BCUT2D eigenvalue weighted by atomic mass is 16.1. The topological polar surface area (TPSA) is 51.4 Å².